The number of amides is 5. The van der Waals surface area contributed by atoms with Crippen molar-refractivity contribution in [2.75, 3.05) is 66.0 Å². The van der Waals surface area contributed by atoms with Gasteiger partial charge in [0.15, 0.2) is 0 Å². The first-order chi connectivity index (χ1) is 16.6. The molecule has 0 aromatic rings. The van der Waals surface area contributed by atoms with Crippen molar-refractivity contribution in [2.24, 2.45) is 0 Å². The second-order valence-electron chi connectivity index (χ2n) is 7.56. The number of ketones is 1. The Morgan fingerprint density at radius 1 is 0.600 bits per heavy atom. The van der Waals surface area contributed by atoms with Crippen molar-refractivity contribution >= 4 is 58.9 Å². The lowest BCUT2D eigenvalue weighted by Crippen LogP contribution is -2.47. The number of rotatable bonds is 18. The molecule has 0 aromatic carbocycles. The zero-order valence-electron chi connectivity index (χ0n) is 20.5. The second kappa shape index (κ2) is 18.5. The number of nitrogens with one attached hydrogen (secondary N) is 3. The molecule has 0 saturated heterocycles. The van der Waals surface area contributed by atoms with Crippen molar-refractivity contribution in [1.82, 2.24) is 30.7 Å². The van der Waals surface area contributed by atoms with E-state index in [2.05, 4.69) is 16.0 Å². The van der Waals surface area contributed by atoms with Gasteiger partial charge in [-0.25, -0.2) is 0 Å². The van der Waals surface area contributed by atoms with E-state index in [1.807, 2.05) is 0 Å². The molecule has 0 atom stereocenters. The van der Waals surface area contributed by atoms with Gasteiger partial charge in [-0.2, -0.15) is 0 Å². The first-order valence-electron chi connectivity index (χ1n) is 11.2. The van der Waals surface area contributed by atoms with Crippen LogP contribution in [0.3, 0.4) is 0 Å². The van der Waals surface area contributed by atoms with E-state index in [0.29, 0.717) is 13.1 Å². The third-order valence-corrected chi connectivity index (χ3v) is 4.70. The summed E-state index contributed by atoms with van der Waals surface area (Å²) in [5, 5.41) is 8.05. The van der Waals surface area contributed by atoms with Crippen LogP contribution >= 0.6 is 0 Å². The molecule has 0 aliphatic heterocycles. The minimum Gasteiger partial charge on any atom is -0.353 e. The van der Waals surface area contributed by atoms with Crippen LogP contribution in [-0.2, 0) is 28.8 Å². The van der Waals surface area contributed by atoms with E-state index in [9.17, 15) is 28.8 Å². The molecule has 12 nitrogen and oxygen atoms in total. The predicted octanol–water partition coefficient (Wildman–Crippen LogP) is -3.73. The van der Waals surface area contributed by atoms with Crippen molar-refractivity contribution in [3.05, 3.63) is 0 Å². The predicted molar refractivity (Wildman–Crippen MR) is 132 cm³/mol. The van der Waals surface area contributed by atoms with Crippen LogP contribution in [0.5, 0.6) is 0 Å². The highest BCUT2D eigenvalue weighted by molar-refractivity contribution is 6.20. The van der Waals surface area contributed by atoms with E-state index in [1.165, 1.54) is 21.6 Å². The van der Waals surface area contributed by atoms with Crippen LogP contribution in [0, 0.1) is 0 Å². The number of Topliss-reactive ketones (excluding diaryl/α,β-unsaturated/α-hetero) is 1. The van der Waals surface area contributed by atoms with E-state index < -0.39 is 23.6 Å². The normalized spacial score (nSPS) is 10.2. The van der Waals surface area contributed by atoms with Gasteiger partial charge in [-0.05, 0) is 32.9 Å². The Labute approximate surface area is 210 Å². The maximum absolute atomic E-state index is 12.3. The van der Waals surface area contributed by atoms with Gasteiger partial charge in [0, 0.05) is 39.3 Å². The number of hydrogen-bond donors (Lipinski definition) is 3. The van der Waals surface area contributed by atoms with Gasteiger partial charge in [-0.15, -0.1) is 0 Å². The molecule has 0 saturated carbocycles. The van der Waals surface area contributed by atoms with Crippen LogP contribution in [0.15, 0.2) is 0 Å². The molecule has 188 valence electrons. The highest BCUT2D eigenvalue weighted by atomic mass is 16.2. The lowest BCUT2D eigenvalue weighted by atomic mass is 10.0. The maximum Gasteiger partial charge on any atom is 0.239 e. The van der Waals surface area contributed by atoms with Crippen LogP contribution in [0.25, 0.3) is 0 Å². The van der Waals surface area contributed by atoms with Crippen LogP contribution in [0.2, 0.25) is 19.0 Å². The Kier molecular flexibility index (Phi) is 17.0. The number of carbonyl (C=O) groups is 6. The van der Waals surface area contributed by atoms with E-state index >= 15 is 0 Å². The van der Waals surface area contributed by atoms with Gasteiger partial charge < -0.3 is 30.7 Å². The minimum absolute atomic E-state index is 0.0126. The lowest BCUT2D eigenvalue weighted by Gasteiger charge is -2.24. The molecule has 0 aliphatic rings. The monoisotopic (exact) mass is 486 g/mol. The molecule has 0 bridgehead atoms. The molecular weight excluding hydrogens is 453 g/mol. The molecule has 15 heteroatoms. The Morgan fingerprint density at radius 2 is 0.943 bits per heavy atom. The molecule has 0 aromatic heterocycles. The van der Waals surface area contributed by atoms with Crippen molar-refractivity contribution < 1.29 is 28.8 Å². The fourth-order valence-electron chi connectivity index (χ4n) is 2.90. The fraction of sp³-hybridized carbons (Fsp3) is 0.700. The van der Waals surface area contributed by atoms with Gasteiger partial charge in [0.1, 0.15) is 5.78 Å². The average molecular weight is 486 g/mol. The van der Waals surface area contributed by atoms with Gasteiger partial charge in [0.2, 0.25) is 29.5 Å². The first-order valence-corrected chi connectivity index (χ1v) is 11.2. The molecule has 0 unspecified atom stereocenters. The third-order valence-electron chi connectivity index (χ3n) is 4.70. The zero-order valence-corrected chi connectivity index (χ0v) is 20.5. The highest BCUT2D eigenvalue weighted by Crippen LogP contribution is 1.96. The lowest BCUT2D eigenvalue weighted by molar-refractivity contribution is -0.135. The molecule has 35 heavy (non-hydrogen) atoms. The number of carbonyl (C=O) groups excluding carboxylic acids is 6. The van der Waals surface area contributed by atoms with Crippen molar-refractivity contribution in [1.29, 1.82) is 0 Å². The minimum atomic E-state index is -0.507. The summed E-state index contributed by atoms with van der Waals surface area (Å²) >= 11 is 0. The summed E-state index contributed by atoms with van der Waals surface area (Å²) in [5.41, 5.74) is 0. The van der Waals surface area contributed by atoms with Crippen LogP contribution < -0.4 is 16.0 Å². The Balaban J connectivity index is 4.70. The molecule has 0 aliphatic carbocycles. The topological polar surface area (TPSA) is 148 Å². The van der Waals surface area contributed by atoms with Crippen molar-refractivity contribution in [3.63, 3.8) is 0 Å². The van der Waals surface area contributed by atoms with E-state index in [0.717, 1.165) is 0 Å². The SMILES string of the molecule is [B]CC(=O)N(CCNC(=O)CN(CCNC(=O)CN(CCNC)C(=O)C[B])C(=O)C[B])CC(C)=O. The second-order valence-corrected chi connectivity index (χ2v) is 7.56. The first kappa shape index (κ1) is 32.2. The Hall–Kier alpha value is -2.83. The molecule has 0 fully saturated rings. The number of likely N-dealkylation sites (N-methyl/N-ethyl adjacent to an activating group) is 1. The maximum atomic E-state index is 12.3. The van der Waals surface area contributed by atoms with E-state index in [1.54, 1.807) is 7.05 Å². The Bertz CT molecular complexity index is 742. The summed E-state index contributed by atoms with van der Waals surface area (Å²) in [6.45, 7) is 1.67. The van der Waals surface area contributed by atoms with Crippen LogP contribution in [-0.4, -0.2) is 140 Å². The van der Waals surface area contributed by atoms with Gasteiger partial charge in [0.05, 0.1) is 43.2 Å². The van der Waals surface area contributed by atoms with Crippen LogP contribution in [0.1, 0.15) is 6.92 Å². The van der Waals surface area contributed by atoms with E-state index in [-0.39, 0.29) is 76.5 Å². The summed E-state index contributed by atoms with van der Waals surface area (Å²) < 4.78 is 0. The average Bonchev–Trinajstić information content (AvgIpc) is 2.83. The fourth-order valence-corrected chi connectivity index (χ4v) is 2.90. The summed E-state index contributed by atoms with van der Waals surface area (Å²) in [6, 6.07) is 0. The summed E-state index contributed by atoms with van der Waals surface area (Å²) in [5.74, 6) is -2.47. The zero-order chi connectivity index (χ0) is 26.8. The summed E-state index contributed by atoms with van der Waals surface area (Å²) in [7, 11) is 17.8. The van der Waals surface area contributed by atoms with Crippen LogP contribution in [0.4, 0.5) is 0 Å². The molecule has 6 radical (unpaired) electrons. The van der Waals surface area contributed by atoms with Gasteiger partial charge in [-0.1, -0.05) is 0 Å². The number of hydrogen-bond acceptors (Lipinski definition) is 7. The van der Waals surface area contributed by atoms with E-state index in [4.69, 9.17) is 23.5 Å². The smallest absolute Gasteiger partial charge is 0.239 e. The highest BCUT2D eigenvalue weighted by Gasteiger charge is 2.18. The molecule has 3 N–H and O–H groups in total. The summed E-state index contributed by atoms with van der Waals surface area (Å²) in [4.78, 5) is 75.2. The Morgan fingerprint density at radius 3 is 1.26 bits per heavy atom. The summed E-state index contributed by atoms with van der Waals surface area (Å²) in [6.07, 6.45) is -0.821. The number of nitrogens with zero attached hydrogens (tertiary/aromatic N) is 3. The van der Waals surface area contributed by atoms with Crippen molar-refractivity contribution in [2.45, 2.75) is 25.9 Å². The van der Waals surface area contributed by atoms with Gasteiger partial charge in [-0.3, -0.25) is 28.8 Å². The standard InChI is InChI=1S/C20H33B3N6O6/c1-15(30)12-27(18(33)9-21)7-4-25-17(32)14-29(20(35)11-23)8-5-26-16(31)13-28(6-3-24-2)19(34)10-22/h24H,3-14H2,1-2H3,(H,25,32)(H,26,31). The quantitative estimate of drug-likeness (QED) is 0.169. The molecule has 0 heterocycles. The third kappa shape index (κ3) is 14.2. The van der Waals surface area contributed by atoms with Gasteiger partial charge in [0.25, 0.3) is 0 Å². The molecule has 5 amide bonds. The molecule has 0 rings (SSSR count). The molecular formula is C20H33B3N6O6. The van der Waals surface area contributed by atoms with Gasteiger partial charge >= 0.3 is 0 Å². The largest absolute Gasteiger partial charge is 0.353 e. The van der Waals surface area contributed by atoms with Crippen molar-refractivity contribution in [3.8, 4) is 0 Å². The molecule has 0 spiro atoms.